The first kappa shape index (κ1) is 15.3. The monoisotopic (exact) mass is 342 g/mol. The molecule has 0 fully saturated rings. The molecule has 0 saturated heterocycles. The molecule has 6 nitrogen and oxygen atoms in total. The van der Waals surface area contributed by atoms with E-state index in [0.717, 1.165) is 40.2 Å². The van der Waals surface area contributed by atoms with Gasteiger partial charge in [-0.1, -0.05) is 18.2 Å². The summed E-state index contributed by atoms with van der Waals surface area (Å²) in [6.07, 6.45) is 2.67. The summed E-state index contributed by atoms with van der Waals surface area (Å²) < 4.78 is 3.06. The molecule has 0 radical (unpaired) electrons. The Bertz CT molecular complexity index is 839. The average molecular weight is 342 g/mol. The number of carbonyl (C=O) groups excluding carboxylic acids is 1. The zero-order valence-electron chi connectivity index (χ0n) is 13.1. The second kappa shape index (κ2) is 6.33. The molecule has 24 heavy (non-hydrogen) atoms. The number of fused-ring (bicyclic) bond motifs is 2. The predicted octanol–water partition coefficient (Wildman–Crippen LogP) is 2.22. The number of hydrogen-bond acceptors (Lipinski definition) is 5. The van der Waals surface area contributed by atoms with Crippen LogP contribution in [0, 0.1) is 0 Å². The van der Waals surface area contributed by atoms with E-state index in [-0.39, 0.29) is 18.4 Å². The van der Waals surface area contributed by atoms with E-state index in [4.69, 9.17) is 0 Å². The number of nitrogens with zero attached hydrogens (tertiary/aromatic N) is 3. The lowest BCUT2D eigenvalue weighted by Gasteiger charge is -2.22. The van der Waals surface area contributed by atoms with E-state index in [0.29, 0.717) is 0 Å². The molecule has 124 valence electrons. The minimum Gasteiger partial charge on any atom is -0.386 e. The van der Waals surface area contributed by atoms with Crippen LogP contribution in [-0.4, -0.2) is 32.3 Å². The summed E-state index contributed by atoms with van der Waals surface area (Å²) >= 11 is 1.55. The maximum Gasteiger partial charge on any atom is 0.230 e. The molecule has 1 unspecified atom stereocenters. The van der Waals surface area contributed by atoms with Crippen LogP contribution in [-0.2, 0) is 11.3 Å². The molecule has 0 bridgehead atoms. The van der Waals surface area contributed by atoms with Crippen molar-refractivity contribution in [3.05, 3.63) is 47.4 Å². The van der Waals surface area contributed by atoms with Crippen molar-refractivity contribution in [2.24, 2.45) is 0 Å². The fourth-order valence-electron chi connectivity index (χ4n) is 3.14. The highest BCUT2D eigenvalue weighted by Gasteiger charge is 2.29. The number of rotatable bonds is 4. The van der Waals surface area contributed by atoms with E-state index in [2.05, 4.69) is 15.5 Å². The number of amides is 1. The van der Waals surface area contributed by atoms with E-state index < -0.39 is 6.10 Å². The zero-order valence-corrected chi connectivity index (χ0v) is 13.9. The van der Waals surface area contributed by atoms with Gasteiger partial charge in [0.05, 0.1) is 5.92 Å². The summed E-state index contributed by atoms with van der Waals surface area (Å²) in [7, 11) is 0. The fourth-order valence-corrected chi connectivity index (χ4v) is 4.19. The summed E-state index contributed by atoms with van der Waals surface area (Å²) in [4.78, 5) is 13.3. The van der Waals surface area contributed by atoms with Crippen LogP contribution in [0.25, 0.3) is 10.1 Å². The number of aryl methyl sites for hydroxylation is 1. The van der Waals surface area contributed by atoms with Crippen molar-refractivity contribution in [2.45, 2.75) is 31.4 Å². The van der Waals surface area contributed by atoms with Crippen molar-refractivity contribution in [3.63, 3.8) is 0 Å². The Kier molecular flexibility index (Phi) is 4.03. The van der Waals surface area contributed by atoms with Gasteiger partial charge in [0.1, 0.15) is 18.3 Å². The Morgan fingerprint density at radius 1 is 1.46 bits per heavy atom. The van der Waals surface area contributed by atoms with Gasteiger partial charge in [-0.25, -0.2) is 0 Å². The predicted molar refractivity (Wildman–Crippen MR) is 91.8 cm³/mol. The first-order valence-electron chi connectivity index (χ1n) is 8.04. The minimum absolute atomic E-state index is 0.0934. The zero-order chi connectivity index (χ0) is 16.5. The number of aliphatic hydroxyl groups is 1. The number of carbonyl (C=O) groups is 1. The molecule has 3 heterocycles. The van der Waals surface area contributed by atoms with Crippen LogP contribution in [0.15, 0.2) is 36.7 Å². The van der Waals surface area contributed by atoms with Gasteiger partial charge in [-0.2, -0.15) is 0 Å². The summed E-state index contributed by atoms with van der Waals surface area (Å²) in [6, 6.07) is 10.00. The van der Waals surface area contributed by atoms with E-state index in [9.17, 15) is 9.90 Å². The van der Waals surface area contributed by atoms with Crippen LogP contribution in [0.5, 0.6) is 0 Å². The van der Waals surface area contributed by atoms with Crippen molar-refractivity contribution in [2.75, 3.05) is 6.54 Å². The van der Waals surface area contributed by atoms with Crippen LogP contribution in [0.1, 0.15) is 35.6 Å². The second-order valence-electron chi connectivity index (χ2n) is 6.02. The SMILES string of the molecule is O=C(NC[C@H](O)c1cc2ccccc2s1)C1CCCn2cnnc21. The smallest absolute Gasteiger partial charge is 0.230 e. The Hall–Kier alpha value is -2.25. The fraction of sp³-hybridized carbons (Fsp3) is 0.353. The van der Waals surface area contributed by atoms with Gasteiger partial charge in [0, 0.05) is 22.7 Å². The molecule has 4 rings (SSSR count). The maximum atomic E-state index is 12.5. The molecule has 1 amide bonds. The summed E-state index contributed by atoms with van der Waals surface area (Å²) in [5, 5.41) is 22.3. The number of aliphatic hydroxyl groups excluding tert-OH is 1. The van der Waals surface area contributed by atoms with E-state index in [1.165, 1.54) is 0 Å². The van der Waals surface area contributed by atoms with Crippen LogP contribution in [0.2, 0.25) is 0 Å². The van der Waals surface area contributed by atoms with Crippen LogP contribution >= 0.6 is 11.3 Å². The van der Waals surface area contributed by atoms with Crippen LogP contribution in [0.3, 0.4) is 0 Å². The van der Waals surface area contributed by atoms with Gasteiger partial charge in [0.15, 0.2) is 0 Å². The second-order valence-corrected chi connectivity index (χ2v) is 7.14. The van der Waals surface area contributed by atoms with Crippen LogP contribution in [0.4, 0.5) is 0 Å². The third-order valence-corrected chi connectivity index (χ3v) is 5.63. The maximum absolute atomic E-state index is 12.5. The first-order valence-corrected chi connectivity index (χ1v) is 8.86. The van der Waals surface area contributed by atoms with Crippen LogP contribution < -0.4 is 5.32 Å². The molecule has 0 aliphatic carbocycles. The van der Waals surface area contributed by atoms with E-state index in [1.54, 1.807) is 17.7 Å². The van der Waals surface area contributed by atoms with Gasteiger partial charge >= 0.3 is 0 Å². The number of hydrogen-bond donors (Lipinski definition) is 2. The molecule has 2 N–H and O–H groups in total. The largest absolute Gasteiger partial charge is 0.386 e. The Morgan fingerprint density at radius 2 is 2.33 bits per heavy atom. The lowest BCUT2D eigenvalue weighted by molar-refractivity contribution is -0.123. The highest BCUT2D eigenvalue weighted by Crippen LogP contribution is 2.30. The third kappa shape index (κ3) is 2.81. The topological polar surface area (TPSA) is 80.0 Å². The number of nitrogens with one attached hydrogen (secondary N) is 1. The van der Waals surface area contributed by atoms with Crippen molar-refractivity contribution in [1.29, 1.82) is 0 Å². The number of benzene rings is 1. The molecule has 2 atom stereocenters. The van der Waals surface area contributed by atoms with Gasteiger partial charge in [-0.15, -0.1) is 21.5 Å². The third-order valence-electron chi connectivity index (χ3n) is 4.41. The summed E-state index contributed by atoms with van der Waals surface area (Å²) in [5.74, 6) is 0.343. The standard InChI is InChI=1S/C17H18N4O2S/c22-13(15-8-11-4-1-2-6-14(11)24-15)9-18-17(23)12-5-3-7-21-10-19-20-16(12)21/h1-2,4,6,8,10,12-13,22H,3,5,7,9H2,(H,18,23)/t12?,13-/m0/s1. The van der Waals surface area contributed by atoms with Crippen molar-refractivity contribution in [1.82, 2.24) is 20.1 Å². The highest BCUT2D eigenvalue weighted by atomic mass is 32.1. The normalized spacial score (nSPS) is 18.3. The number of aromatic nitrogens is 3. The highest BCUT2D eigenvalue weighted by molar-refractivity contribution is 7.19. The minimum atomic E-state index is -0.701. The lowest BCUT2D eigenvalue weighted by atomic mass is 9.98. The Balaban J connectivity index is 1.42. The average Bonchev–Trinajstić information content (AvgIpc) is 3.25. The summed E-state index contributed by atoms with van der Waals surface area (Å²) in [5.41, 5.74) is 0. The van der Waals surface area contributed by atoms with E-state index >= 15 is 0 Å². The Morgan fingerprint density at radius 3 is 3.21 bits per heavy atom. The molecule has 0 saturated carbocycles. The van der Waals surface area contributed by atoms with E-state index in [1.807, 2.05) is 34.9 Å². The van der Waals surface area contributed by atoms with Gasteiger partial charge in [-0.3, -0.25) is 4.79 Å². The first-order chi connectivity index (χ1) is 11.7. The molecule has 0 spiro atoms. The van der Waals surface area contributed by atoms with Gasteiger partial charge in [0.2, 0.25) is 5.91 Å². The van der Waals surface area contributed by atoms with Gasteiger partial charge in [-0.05, 0) is 30.4 Å². The molecule has 3 aromatic rings. The molecular weight excluding hydrogens is 324 g/mol. The Labute approximate surface area is 143 Å². The van der Waals surface area contributed by atoms with Crippen molar-refractivity contribution >= 4 is 27.3 Å². The number of thiophene rings is 1. The quantitative estimate of drug-likeness (QED) is 0.762. The molecule has 2 aromatic heterocycles. The van der Waals surface area contributed by atoms with Crippen molar-refractivity contribution in [3.8, 4) is 0 Å². The summed E-state index contributed by atoms with van der Waals surface area (Å²) in [6.45, 7) is 1.06. The van der Waals surface area contributed by atoms with Gasteiger partial charge < -0.3 is 15.0 Å². The molecule has 1 aromatic carbocycles. The van der Waals surface area contributed by atoms with Crippen molar-refractivity contribution < 1.29 is 9.90 Å². The molecule has 1 aliphatic heterocycles. The molecule has 7 heteroatoms. The van der Waals surface area contributed by atoms with Gasteiger partial charge in [0.25, 0.3) is 0 Å². The lowest BCUT2D eigenvalue weighted by Crippen LogP contribution is -2.35. The molecular formula is C17H18N4O2S. The molecule has 1 aliphatic rings.